The molecule has 0 amide bonds. The number of sulfonamides is 1. The molecule has 8 heteroatoms. The van der Waals surface area contributed by atoms with E-state index in [1.54, 1.807) is 23.5 Å². The van der Waals surface area contributed by atoms with Crippen molar-refractivity contribution in [1.82, 2.24) is 14.3 Å². The van der Waals surface area contributed by atoms with Crippen molar-refractivity contribution in [1.29, 1.82) is 0 Å². The van der Waals surface area contributed by atoms with Crippen LogP contribution in [-0.2, 0) is 21.4 Å². The summed E-state index contributed by atoms with van der Waals surface area (Å²) in [4.78, 5) is 7.93. The van der Waals surface area contributed by atoms with Crippen LogP contribution < -0.4 is 4.74 Å². The van der Waals surface area contributed by atoms with Gasteiger partial charge in [-0.05, 0) is 23.3 Å². The lowest BCUT2D eigenvalue weighted by Crippen LogP contribution is -2.53. The number of benzene rings is 2. The molecule has 7 nitrogen and oxygen atoms in total. The number of piperazine rings is 1. The molecule has 4 rings (SSSR count). The molecule has 0 bridgehead atoms. The van der Waals surface area contributed by atoms with E-state index in [2.05, 4.69) is 17.0 Å². The first-order valence-electron chi connectivity index (χ1n) is 10.9. The second-order valence-corrected chi connectivity index (χ2v) is 10.4. The molecule has 0 saturated carbocycles. The fraction of sp³-hybridized carbons (Fsp3) is 0.417. The first kappa shape index (κ1) is 22.9. The van der Waals surface area contributed by atoms with E-state index in [-0.39, 0.29) is 12.6 Å². The topological polar surface area (TPSA) is 62.3 Å². The number of hydrogen-bond donors (Lipinski definition) is 0. The van der Waals surface area contributed by atoms with E-state index in [1.165, 1.54) is 5.56 Å². The smallest absolute Gasteiger partial charge is 0.221 e. The molecule has 2 aliphatic heterocycles. The molecule has 0 N–H and O–H groups in total. The van der Waals surface area contributed by atoms with Crippen LogP contribution in [0.5, 0.6) is 5.75 Å². The Morgan fingerprint density at radius 2 is 1.72 bits per heavy atom. The number of hydroxylamine groups is 2. The lowest BCUT2D eigenvalue weighted by atomic mass is 10.1. The number of rotatable bonds is 7. The molecule has 2 atom stereocenters. The van der Waals surface area contributed by atoms with E-state index < -0.39 is 15.3 Å². The summed E-state index contributed by atoms with van der Waals surface area (Å²) in [7, 11) is -0.0668. The second-order valence-electron chi connectivity index (χ2n) is 8.21. The molecule has 0 spiro atoms. The molecular weight excluding hydrogens is 426 g/mol. The van der Waals surface area contributed by atoms with Crippen LogP contribution >= 0.6 is 0 Å². The van der Waals surface area contributed by atoms with Crippen molar-refractivity contribution < 1.29 is 18.0 Å². The third-order valence-electron chi connectivity index (χ3n) is 6.17. The predicted octanol–water partition coefficient (Wildman–Crippen LogP) is 2.47. The number of ether oxygens (including phenoxy) is 1. The van der Waals surface area contributed by atoms with Crippen LogP contribution in [0.15, 0.2) is 60.7 Å². The van der Waals surface area contributed by atoms with Gasteiger partial charge in [-0.3, -0.25) is 9.74 Å². The molecular formula is C24H31N3O4S. The Morgan fingerprint density at radius 1 is 1.03 bits per heavy atom. The van der Waals surface area contributed by atoms with Gasteiger partial charge in [0.2, 0.25) is 10.0 Å². The molecule has 2 aromatic carbocycles. The fourth-order valence-corrected chi connectivity index (χ4v) is 6.12. The van der Waals surface area contributed by atoms with Crippen LogP contribution in [0.25, 0.3) is 6.08 Å². The zero-order chi connectivity index (χ0) is 22.6. The van der Waals surface area contributed by atoms with E-state index in [4.69, 9.17) is 9.57 Å². The summed E-state index contributed by atoms with van der Waals surface area (Å²) in [5.41, 5.74) is 2.23. The molecule has 0 radical (unpaired) electrons. The minimum absolute atomic E-state index is 0.167. The fourth-order valence-electron chi connectivity index (χ4n) is 4.22. The maximum Gasteiger partial charge on any atom is 0.221 e. The lowest BCUT2D eigenvalue weighted by molar-refractivity contribution is -0.100. The lowest BCUT2D eigenvalue weighted by Gasteiger charge is -2.35. The monoisotopic (exact) mass is 457 g/mol. The summed E-state index contributed by atoms with van der Waals surface area (Å²) < 4.78 is 33.7. The van der Waals surface area contributed by atoms with E-state index >= 15 is 0 Å². The summed E-state index contributed by atoms with van der Waals surface area (Å²) in [5, 5.41) is 1.02. The van der Waals surface area contributed by atoms with Crippen molar-refractivity contribution in [3.8, 4) is 5.75 Å². The molecule has 2 saturated heterocycles. The van der Waals surface area contributed by atoms with E-state index in [0.29, 0.717) is 13.1 Å². The van der Waals surface area contributed by atoms with Gasteiger partial charge >= 0.3 is 0 Å². The van der Waals surface area contributed by atoms with Crippen molar-refractivity contribution in [2.24, 2.45) is 0 Å². The standard InChI is InChI=1S/C24H31N3O4S/c1-25-23(13-10-20-8-11-22(30-2)12-9-20)24(19-31-25)32(28,29)27-16-14-26(15-17-27)18-21-6-4-3-5-7-21/h3-13,23-24H,14-19H2,1-2H3/b13-10+. The largest absolute Gasteiger partial charge is 0.497 e. The Kier molecular flexibility index (Phi) is 7.27. The highest BCUT2D eigenvalue weighted by molar-refractivity contribution is 7.89. The Morgan fingerprint density at radius 3 is 2.38 bits per heavy atom. The van der Waals surface area contributed by atoms with Gasteiger partial charge in [0.15, 0.2) is 0 Å². The second kappa shape index (κ2) is 10.1. The third kappa shape index (κ3) is 5.22. The highest BCUT2D eigenvalue weighted by atomic mass is 32.2. The van der Waals surface area contributed by atoms with Crippen molar-refractivity contribution >= 4 is 16.1 Å². The maximum atomic E-state index is 13.5. The zero-order valence-electron chi connectivity index (χ0n) is 18.6. The van der Waals surface area contributed by atoms with Crippen LogP contribution in [0.2, 0.25) is 0 Å². The highest BCUT2D eigenvalue weighted by Gasteiger charge is 2.44. The van der Waals surface area contributed by atoms with Gasteiger partial charge in [-0.1, -0.05) is 54.6 Å². The van der Waals surface area contributed by atoms with Gasteiger partial charge in [-0.2, -0.15) is 9.37 Å². The first-order valence-corrected chi connectivity index (χ1v) is 12.4. The molecule has 172 valence electrons. The Bertz CT molecular complexity index is 1000. The zero-order valence-corrected chi connectivity index (χ0v) is 19.4. The van der Waals surface area contributed by atoms with Crippen molar-refractivity contribution in [2.45, 2.75) is 17.8 Å². The third-order valence-corrected chi connectivity index (χ3v) is 8.43. The van der Waals surface area contributed by atoms with E-state index in [0.717, 1.165) is 30.9 Å². The summed E-state index contributed by atoms with van der Waals surface area (Å²) in [6.45, 7) is 3.47. The SMILES string of the molecule is COc1ccc(/C=C/C2C(S(=O)(=O)N3CCN(Cc4ccccc4)CC3)CON2C)cc1. The van der Waals surface area contributed by atoms with Gasteiger partial charge < -0.3 is 4.74 Å². The summed E-state index contributed by atoms with van der Waals surface area (Å²) >= 11 is 0. The van der Waals surface area contributed by atoms with Crippen molar-refractivity contribution in [2.75, 3.05) is 46.9 Å². The first-order chi connectivity index (χ1) is 15.5. The summed E-state index contributed by atoms with van der Waals surface area (Å²) in [6, 6.07) is 17.6. The number of likely N-dealkylation sites (N-methyl/N-ethyl adjacent to an activating group) is 1. The summed E-state index contributed by atoms with van der Waals surface area (Å²) in [6.07, 6.45) is 3.86. The molecule has 32 heavy (non-hydrogen) atoms. The minimum atomic E-state index is -3.49. The normalized spacial score (nSPS) is 23.7. The highest BCUT2D eigenvalue weighted by Crippen LogP contribution is 2.26. The molecule has 2 aliphatic rings. The number of nitrogens with zero attached hydrogens (tertiary/aromatic N) is 3. The molecule has 2 fully saturated rings. The van der Waals surface area contributed by atoms with Gasteiger partial charge in [0.05, 0.1) is 19.8 Å². The van der Waals surface area contributed by atoms with Crippen LogP contribution in [0.1, 0.15) is 11.1 Å². The van der Waals surface area contributed by atoms with Gasteiger partial charge in [-0.25, -0.2) is 8.42 Å². The Hall–Kier alpha value is -2.23. The summed E-state index contributed by atoms with van der Waals surface area (Å²) in [5.74, 6) is 0.787. The minimum Gasteiger partial charge on any atom is -0.497 e. The Labute approximate surface area is 190 Å². The van der Waals surface area contributed by atoms with Gasteiger partial charge in [-0.15, -0.1) is 0 Å². The molecule has 0 aliphatic carbocycles. The average Bonchev–Trinajstić information content (AvgIpc) is 3.20. The van der Waals surface area contributed by atoms with Crippen LogP contribution in [0.4, 0.5) is 0 Å². The molecule has 2 heterocycles. The average molecular weight is 458 g/mol. The Balaban J connectivity index is 1.40. The molecule has 2 unspecified atom stereocenters. The van der Waals surface area contributed by atoms with Crippen molar-refractivity contribution in [3.63, 3.8) is 0 Å². The van der Waals surface area contributed by atoms with E-state index in [1.807, 2.05) is 54.6 Å². The molecule has 2 aromatic rings. The van der Waals surface area contributed by atoms with Gasteiger partial charge in [0.25, 0.3) is 0 Å². The van der Waals surface area contributed by atoms with Crippen LogP contribution in [0.3, 0.4) is 0 Å². The van der Waals surface area contributed by atoms with Crippen LogP contribution in [-0.4, -0.2) is 80.9 Å². The van der Waals surface area contributed by atoms with Crippen molar-refractivity contribution in [3.05, 3.63) is 71.8 Å². The predicted molar refractivity (Wildman–Crippen MR) is 126 cm³/mol. The quantitative estimate of drug-likeness (QED) is 0.637. The van der Waals surface area contributed by atoms with Gasteiger partial charge in [0.1, 0.15) is 11.0 Å². The number of methoxy groups -OCH3 is 1. The number of hydrogen-bond acceptors (Lipinski definition) is 6. The van der Waals surface area contributed by atoms with Gasteiger partial charge in [0, 0.05) is 39.8 Å². The molecule has 0 aromatic heterocycles. The maximum absolute atomic E-state index is 13.5. The van der Waals surface area contributed by atoms with Crippen LogP contribution in [0, 0.1) is 0 Å². The van der Waals surface area contributed by atoms with E-state index in [9.17, 15) is 8.42 Å².